The highest BCUT2D eigenvalue weighted by Crippen LogP contribution is 2.64. The van der Waals surface area contributed by atoms with Crippen molar-refractivity contribution in [3.63, 3.8) is 0 Å². The van der Waals surface area contributed by atoms with Crippen molar-refractivity contribution in [3.05, 3.63) is 11.6 Å². The number of rotatable bonds is 10. The summed E-state index contributed by atoms with van der Waals surface area (Å²) >= 11 is 3.53. The Balaban J connectivity index is 1.44. The number of unbranched alkanes of at least 4 members (excludes halogenated alkanes) is 6. The number of alkyl halides is 1. The molecule has 0 heterocycles. The number of ether oxygens (including phenoxy) is 1. The Hall–Kier alpha value is -0.640. The van der Waals surface area contributed by atoms with E-state index in [1.807, 2.05) is 6.08 Å². The second-order valence-electron chi connectivity index (χ2n) is 11.8. The summed E-state index contributed by atoms with van der Waals surface area (Å²) in [4.78, 5) is 24.0. The standard InChI is InChI=1S/C29H45BrO3/c1-20(31)33-27-14-13-26-28-21(10-8-6-4-3-5-7-9-17-30)18-22-19-23(32)11-12-24(22)25(28)15-16-29(26,27)2/h19,21,24-28H,3-18H2,1-2H3/t21?,24?,25?,26?,27?,28?,29-/m0/s1. The van der Waals surface area contributed by atoms with E-state index >= 15 is 0 Å². The van der Waals surface area contributed by atoms with Gasteiger partial charge >= 0.3 is 5.97 Å². The molecule has 0 aromatic carbocycles. The molecule has 7 atom stereocenters. The minimum absolute atomic E-state index is 0.103. The lowest BCUT2D eigenvalue weighted by Gasteiger charge is -2.56. The van der Waals surface area contributed by atoms with E-state index in [1.54, 1.807) is 6.92 Å². The first kappa shape index (κ1) is 25.5. The number of carbonyl (C=O) groups excluding carboxylic acids is 2. The number of ketones is 1. The molecule has 0 bridgehead atoms. The van der Waals surface area contributed by atoms with E-state index in [9.17, 15) is 9.59 Å². The van der Waals surface area contributed by atoms with Gasteiger partial charge in [-0.3, -0.25) is 9.59 Å². The van der Waals surface area contributed by atoms with Gasteiger partial charge in [-0.1, -0.05) is 67.0 Å². The molecule has 0 saturated heterocycles. The van der Waals surface area contributed by atoms with E-state index in [-0.39, 0.29) is 17.5 Å². The predicted octanol–water partition coefficient (Wildman–Crippen LogP) is 7.80. The van der Waals surface area contributed by atoms with Crippen molar-refractivity contribution >= 4 is 27.7 Å². The van der Waals surface area contributed by atoms with Crippen LogP contribution in [0.25, 0.3) is 0 Å². The third kappa shape index (κ3) is 5.62. The van der Waals surface area contributed by atoms with Crippen molar-refractivity contribution in [3.8, 4) is 0 Å². The van der Waals surface area contributed by atoms with Crippen molar-refractivity contribution in [1.82, 2.24) is 0 Å². The van der Waals surface area contributed by atoms with Crippen molar-refractivity contribution in [2.45, 2.75) is 116 Å². The van der Waals surface area contributed by atoms with Crippen LogP contribution < -0.4 is 0 Å². The zero-order valence-corrected chi connectivity index (χ0v) is 22.5. The third-order valence-corrected chi connectivity index (χ3v) is 10.5. The average molecular weight is 522 g/mol. The maximum absolute atomic E-state index is 12.2. The maximum atomic E-state index is 12.2. The molecule has 4 rings (SSSR count). The van der Waals surface area contributed by atoms with Crippen LogP contribution in [-0.2, 0) is 14.3 Å². The van der Waals surface area contributed by atoms with Crippen LogP contribution in [0.5, 0.6) is 0 Å². The van der Waals surface area contributed by atoms with Gasteiger partial charge in [0, 0.05) is 24.1 Å². The van der Waals surface area contributed by atoms with Gasteiger partial charge in [0.1, 0.15) is 6.10 Å². The highest BCUT2D eigenvalue weighted by molar-refractivity contribution is 9.09. The molecule has 3 saturated carbocycles. The lowest BCUT2D eigenvalue weighted by molar-refractivity contribution is -0.157. The van der Waals surface area contributed by atoms with Gasteiger partial charge < -0.3 is 4.74 Å². The molecule has 186 valence electrons. The Morgan fingerprint density at radius 3 is 2.52 bits per heavy atom. The minimum Gasteiger partial charge on any atom is -0.462 e. The van der Waals surface area contributed by atoms with E-state index in [0.717, 1.165) is 42.8 Å². The molecule has 0 amide bonds. The number of allylic oxidation sites excluding steroid dienone is 1. The van der Waals surface area contributed by atoms with Gasteiger partial charge in [-0.05, 0) is 87.0 Å². The van der Waals surface area contributed by atoms with Crippen LogP contribution in [-0.4, -0.2) is 23.2 Å². The number of carbonyl (C=O) groups is 2. The van der Waals surface area contributed by atoms with Crippen LogP contribution in [0, 0.1) is 35.0 Å². The zero-order chi connectivity index (χ0) is 23.4. The fraction of sp³-hybridized carbons (Fsp3) is 0.862. The Kier molecular flexibility index (Phi) is 8.79. The molecular weight excluding hydrogens is 476 g/mol. The fourth-order valence-electron chi connectivity index (χ4n) is 8.40. The highest BCUT2D eigenvalue weighted by Gasteiger charge is 2.59. The second kappa shape index (κ2) is 11.4. The number of hydrogen-bond acceptors (Lipinski definition) is 3. The zero-order valence-electron chi connectivity index (χ0n) is 21.0. The Morgan fingerprint density at radius 1 is 1.06 bits per heavy atom. The van der Waals surface area contributed by atoms with Crippen molar-refractivity contribution in [2.24, 2.45) is 35.0 Å². The van der Waals surface area contributed by atoms with E-state index in [0.29, 0.717) is 23.5 Å². The predicted molar refractivity (Wildman–Crippen MR) is 137 cm³/mol. The van der Waals surface area contributed by atoms with Crippen LogP contribution in [0.2, 0.25) is 0 Å². The molecule has 33 heavy (non-hydrogen) atoms. The first-order valence-corrected chi connectivity index (χ1v) is 15.0. The first-order chi connectivity index (χ1) is 15.9. The van der Waals surface area contributed by atoms with Gasteiger partial charge in [0.05, 0.1) is 0 Å². The summed E-state index contributed by atoms with van der Waals surface area (Å²) in [6.45, 7) is 4.00. The molecule has 4 aliphatic rings. The Labute approximate surface area is 210 Å². The number of fused-ring (bicyclic) bond motifs is 5. The molecule has 0 spiro atoms. The smallest absolute Gasteiger partial charge is 0.302 e. The average Bonchev–Trinajstić information content (AvgIpc) is 3.10. The topological polar surface area (TPSA) is 43.4 Å². The molecule has 4 aliphatic carbocycles. The molecule has 0 N–H and O–H groups in total. The van der Waals surface area contributed by atoms with Gasteiger partial charge in [0.2, 0.25) is 0 Å². The third-order valence-electron chi connectivity index (χ3n) is 9.90. The summed E-state index contributed by atoms with van der Waals surface area (Å²) < 4.78 is 5.87. The molecule has 0 radical (unpaired) electrons. The monoisotopic (exact) mass is 520 g/mol. The Bertz CT molecular complexity index is 730. The van der Waals surface area contributed by atoms with Crippen LogP contribution in [0.1, 0.15) is 110 Å². The molecule has 0 aromatic rings. The molecular formula is C29H45BrO3. The van der Waals surface area contributed by atoms with Gasteiger partial charge in [-0.15, -0.1) is 0 Å². The lowest BCUT2D eigenvalue weighted by atomic mass is 9.49. The molecule has 0 aliphatic heterocycles. The SMILES string of the molecule is CC(=O)OC1CCC2C3C(CCCCCCCCCBr)CC4=CC(=O)CCC4C3CC[C@]12C. The number of esters is 1. The summed E-state index contributed by atoms with van der Waals surface area (Å²) in [6, 6.07) is 0. The molecule has 0 aromatic heterocycles. The normalized spacial score (nSPS) is 37.7. The van der Waals surface area contributed by atoms with Crippen LogP contribution in [0.4, 0.5) is 0 Å². The maximum Gasteiger partial charge on any atom is 0.302 e. The molecule has 3 nitrogen and oxygen atoms in total. The van der Waals surface area contributed by atoms with Gasteiger partial charge in [0.15, 0.2) is 5.78 Å². The quantitative estimate of drug-likeness (QED) is 0.167. The molecule has 4 heteroatoms. The summed E-state index contributed by atoms with van der Waals surface area (Å²) in [5.41, 5.74) is 1.64. The summed E-state index contributed by atoms with van der Waals surface area (Å²) in [5.74, 6) is 3.75. The van der Waals surface area contributed by atoms with Crippen LogP contribution >= 0.6 is 15.9 Å². The summed E-state index contributed by atoms with van der Waals surface area (Å²) in [7, 11) is 0. The minimum atomic E-state index is -0.115. The highest BCUT2D eigenvalue weighted by atomic mass is 79.9. The van der Waals surface area contributed by atoms with Crippen molar-refractivity contribution in [2.75, 3.05) is 5.33 Å². The largest absolute Gasteiger partial charge is 0.462 e. The molecule has 3 fully saturated rings. The summed E-state index contributed by atoms with van der Waals surface area (Å²) in [5, 5.41) is 1.13. The Morgan fingerprint density at radius 2 is 1.79 bits per heavy atom. The van der Waals surface area contributed by atoms with Crippen LogP contribution in [0.3, 0.4) is 0 Å². The van der Waals surface area contributed by atoms with Gasteiger partial charge in [-0.25, -0.2) is 0 Å². The van der Waals surface area contributed by atoms with E-state index in [2.05, 4.69) is 22.9 Å². The van der Waals surface area contributed by atoms with Crippen molar-refractivity contribution in [1.29, 1.82) is 0 Å². The number of hydrogen-bond donors (Lipinski definition) is 0. The van der Waals surface area contributed by atoms with E-state index in [4.69, 9.17) is 4.74 Å². The van der Waals surface area contributed by atoms with E-state index < -0.39 is 0 Å². The lowest BCUT2D eigenvalue weighted by Crippen LogP contribution is -2.51. The van der Waals surface area contributed by atoms with Gasteiger partial charge in [0.25, 0.3) is 0 Å². The van der Waals surface area contributed by atoms with Crippen LogP contribution in [0.15, 0.2) is 11.6 Å². The fourth-order valence-corrected chi connectivity index (χ4v) is 8.80. The first-order valence-electron chi connectivity index (χ1n) is 13.9. The van der Waals surface area contributed by atoms with E-state index in [1.165, 1.54) is 76.2 Å². The van der Waals surface area contributed by atoms with Gasteiger partial charge in [-0.2, -0.15) is 0 Å². The summed E-state index contributed by atoms with van der Waals surface area (Å²) in [6.07, 6.45) is 20.5. The second-order valence-corrected chi connectivity index (χ2v) is 12.6. The number of halogens is 1. The van der Waals surface area contributed by atoms with Crippen molar-refractivity contribution < 1.29 is 14.3 Å². The molecule has 6 unspecified atom stereocenters.